The van der Waals surface area contributed by atoms with Crippen LogP contribution in [-0.2, 0) is 9.53 Å². The van der Waals surface area contributed by atoms with Gasteiger partial charge in [-0.1, -0.05) is 0 Å². The molecule has 0 aromatic carbocycles. The molecular weight excluding hydrogens is 218 g/mol. The predicted molar refractivity (Wildman–Crippen MR) is 67.7 cm³/mol. The van der Waals surface area contributed by atoms with E-state index in [0.717, 1.165) is 19.5 Å². The summed E-state index contributed by atoms with van der Waals surface area (Å²) in [6, 6.07) is 0.217. The summed E-state index contributed by atoms with van der Waals surface area (Å²) in [5.74, 6) is 0.600. The van der Waals surface area contributed by atoms with Crippen LogP contribution in [0, 0.1) is 5.92 Å². The van der Waals surface area contributed by atoms with Gasteiger partial charge in [0.2, 0.25) is 5.91 Å². The third-order valence-corrected chi connectivity index (χ3v) is 3.28. The molecule has 100 valence electrons. The van der Waals surface area contributed by atoms with E-state index in [1.807, 2.05) is 6.92 Å². The number of nitrogens with one attached hydrogen (secondary N) is 1. The molecule has 0 spiro atoms. The lowest BCUT2D eigenvalue weighted by atomic mass is 9.92. The largest absolute Gasteiger partial charge is 0.383 e. The van der Waals surface area contributed by atoms with Crippen molar-refractivity contribution in [1.82, 2.24) is 10.2 Å². The van der Waals surface area contributed by atoms with Crippen LogP contribution in [-0.4, -0.2) is 56.7 Å². The zero-order valence-corrected chi connectivity index (χ0v) is 10.9. The SMILES string of the molecule is COCCNC(=O)CN1CCCC(C(C)N)C1. The average molecular weight is 243 g/mol. The van der Waals surface area contributed by atoms with Gasteiger partial charge in [-0.15, -0.1) is 0 Å². The molecule has 1 fully saturated rings. The molecule has 0 aliphatic carbocycles. The van der Waals surface area contributed by atoms with E-state index in [4.69, 9.17) is 10.5 Å². The van der Waals surface area contributed by atoms with Gasteiger partial charge in [0.25, 0.3) is 0 Å². The minimum absolute atomic E-state index is 0.0763. The molecule has 5 heteroatoms. The van der Waals surface area contributed by atoms with Crippen LogP contribution < -0.4 is 11.1 Å². The first-order valence-electron chi connectivity index (χ1n) is 6.37. The van der Waals surface area contributed by atoms with E-state index in [-0.39, 0.29) is 11.9 Å². The highest BCUT2D eigenvalue weighted by Gasteiger charge is 2.23. The van der Waals surface area contributed by atoms with E-state index in [0.29, 0.717) is 25.6 Å². The standard InChI is InChI=1S/C12H25N3O2/c1-10(13)11-4-3-6-15(8-11)9-12(16)14-5-7-17-2/h10-11H,3-9,13H2,1-2H3,(H,14,16). The lowest BCUT2D eigenvalue weighted by Gasteiger charge is -2.34. The second-order valence-corrected chi connectivity index (χ2v) is 4.84. The van der Waals surface area contributed by atoms with Crippen molar-refractivity contribution in [3.63, 3.8) is 0 Å². The second kappa shape index (κ2) is 7.63. The first kappa shape index (κ1) is 14.4. The molecule has 5 nitrogen and oxygen atoms in total. The molecule has 1 rings (SSSR count). The Balaban J connectivity index is 2.23. The molecule has 3 N–H and O–H groups in total. The Morgan fingerprint density at radius 3 is 3.06 bits per heavy atom. The zero-order valence-electron chi connectivity index (χ0n) is 10.9. The molecule has 0 aromatic heterocycles. The van der Waals surface area contributed by atoms with E-state index < -0.39 is 0 Å². The minimum Gasteiger partial charge on any atom is -0.383 e. The quantitative estimate of drug-likeness (QED) is 0.634. The van der Waals surface area contributed by atoms with Gasteiger partial charge in [-0.2, -0.15) is 0 Å². The molecule has 1 saturated heterocycles. The number of carbonyl (C=O) groups excluding carboxylic acids is 1. The van der Waals surface area contributed by atoms with Gasteiger partial charge in [0.1, 0.15) is 0 Å². The molecule has 2 atom stereocenters. The summed E-state index contributed by atoms with van der Waals surface area (Å²) in [5, 5.41) is 2.84. The number of hydrogen-bond donors (Lipinski definition) is 2. The maximum atomic E-state index is 11.6. The Morgan fingerprint density at radius 1 is 1.65 bits per heavy atom. The minimum atomic E-state index is 0.0763. The summed E-state index contributed by atoms with van der Waals surface area (Å²) in [6.45, 7) is 5.62. The van der Waals surface area contributed by atoms with Crippen LogP contribution >= 0.6 is 0 Å². The summed E-state index contributed by atoms with van der Waals surface area (Å²) in [5.41, 5.74) is 5.91. The van der Waals surface area contributed by atoms with Gasteiger partial charge < -0.3 is 15.8 Å². The van der Waals surface area contributed by atoms with Crippen LogP contribution in [0.15, 0.2) is 0 Å². The highest BCUT2D eigenvalue weighted by atomic mass is 16.5. The first-order chi connectivity index (χ1) is 8.13. The van der Waals surface area contributed by atoms with Crippen LogP contribution in [0.1, 0.15) is 19.8 Å². The van der Waals surface area contributed by atoms with Crippen LogP contribution in [0.4, 0.5) is 0 Å². The van der Waals surface area contributed by atoms with Gasteiger partial charge in [0.05, 0.1) is 13.2 Å². The van der Waals surface area contributed by atoms with Crippen LogP contribution in [0.3, 0.4) is 0 Å². The topological polar surface area (TPSA) is 67.6 Å². The van der Waals surface area contributed by atoms with Gasteiger partial charge in [0, 0.05) is 26.2 Å². The second-order valence-electron chi connectivity index (χ2n) is 4.84. The summed E-state index contributed by atoms with van der Waals surface area (Å²) >= 11 is 0. The van der Waals surface area contributed by atoms with Crippen molar-refractivity contribution in [3.8, 4) is 0 Å². The van der Waals surface area contributed by atoms with Gasteiger partial charge in [-0.05, 0) is 32.2 Å². The fourth-order valence-corrected chi connectivity index (χ4v) is 2.22. The predicted octanol–water partition coefficient (Wildman–Crippen LogP) is -0.192. The Bertz CT molecular complexity index is 234. The number of amides is 1. The number of nitrogens with two attached hydrogens (primary N) is 1. The molecular formula is C12H25N3O2. The summed E-state index contributed by atoms with van der Waals surface area (Å²) in [7, 11) is 1.63. The molecule has 2 unspecified atom stereocenters. The number of nitrogens with zero attached hydrogens (tertiary/aromatic N) is 1. The Kier molecular flexibility index (Phi) is 6.47. The van der Waals surface area contributed by atoms with Crippen molar-refractivity contribution in [2.24, 2.45) is 11.7 Å². The van der Waals surface area contributed by atoms with Crippen LogP contribution in [0.5, 0.6) is 0 Å². The molecule has 17 heavy (non-hydrogen) atoms. The molecule has 1 aliphatic heterocycles. The molecule has 1 aliphatic rings. The summed E-state index contributed by atoms with van der Waals surface area (Å²) in [4.78, 5) is 13.8. The summed E-state index contributed by atoms with van der Waals surface area (Å²) < 4.78 is 4.89. The van der Waals surface area contributed by atoms with E-state index in [1.165, 1.54) is 6.42 Å². The van der Waals surface area contributed by atoms with Gasteiger partial charge in [-0.3, -0.25) is 9.69 Å². The molecule has 1 amide bonds. The molecule has 1 heterocycles. The number of ether oxygens (including phenoxy) is 1. The third kappa shape index (κ3) is 5.48. The lowest BCUT2D eigenvalue weighted by molar-refractivity contribution is -0.122. The average Bonchev–Trinajstić information content (AvgIpc) is 2.29. The fraction of sp³-hybridized carbons (Fsp3) is 0.917. The smallest absolute Gasteiger partial charge is 0.234 e. The van der Waals surface area contributed by atoms with Crippen molar-refractivity contribution in [2.45, 2.75) is 25.8 Å². The normalized spacial score (nSPS) is 23.4. The highest BCUT2D eigenvalue weighted by Crippen LogP contribution is 2.18. The number of carbonyl (C=O) groups is 1. The first-order valence-corrected chi connectivity index (χ1v) is 6.37. The number of piperidine rings is 1. The van der Waals surface area contributed by atoms with Gasteiger partial charge in [0.15, 0.2) is 0 Å². The number of hydrogen-bond acceptors (Lipinski definition) is 4. The van der Waals surface area contributed by atoms with E-state index in [9.17, 15) is 4.79 Å². The highest BCUT2D eigenvalue weighted by molar-refractivity contribution is 5.77. The van der Waals surface area contributed by atoms with E-state index >= 15 is 0 Å². The van der Waals surface area contributed by atoms with Gasteiger partial charge in [-0.25, -0.2) is 0 Å². The van der Waals surface area contributed by atoms with Crippen LogP contribution in [0.25, 0.3) is 0 Å². The van der Waals surface area contributed by atoms with E-state index in [2.05, 4.69) is 10.2 Å². The maximum Gasteiger partial charge on any atom is 0.234 e. The zero-order chi connectivity index (χ0) is 12.7. The molecule has 0 saturated carbocycles. The van der Waals surface area contributed by atoms with Crippen LogP contribution in [0.2, 0.25) is 0 Å². The number of rotatable bonds is 6. The van der Waals surface area contributed by atoms with E-state index in [1.54, 1.807) is 7.11 Å². The molecule has 0 aromatic rings. The Hall–Kier alpha value is -0.650. The Morgan fingerprint density at radius 2 is 2.41 bits per heavy atom. The Labute approximate surface area is 104 Å². The van der Waals surface area contributed by atoms with Crippen molar-refractivity contribution < 1.29 is 9.53 Å². The van der Waals surface area contributed by atoms with Crippen molar-refractivity contribution in [1.29, 1.82) is 0 Å². The number of methoxy groups -OCH3 is 1. The monoisotopic (exact) mass is 243 g/mol. The van der Waals surface area contributed by atoms with Crippen molar-refractivity contribution in [2.75, 3.05) is 39.9 Å². The maximum absolute atomic E-state index is 11.6. The van der Waals surface area contributed by atoms with Crippen molar-refractivity contribution >= 4 is 5.91 Å². The number of likely N-dealkylation sites (tertiary alicyclic amines) is 1. The van der Waals surface area contributed by atoms with Crippen molar-refractivity contribution in [3.05, 3.63) is 0 Å². The molecule has 0 bridgehead atoms. The third-order valence-electron chi connectivity index (χ3n) is 3.28. The fourth-order valence-electron chi connectivity index (χ4n) is 2.22. The lowest BCUT2D eigenvalue weighted by Crippen LogP contribution is -2.46. The molecule has 0 radical (unpaired) electrons. The van der Waals surface area contributed by atoms with Gasteiger partial charge >= 0.3 is 0 Å². The summed E-state index contributed by atoms with van der Waals surface area (Å²) in [6.07, 6.45) is 2.32.